The third kappa shape index (κ3) is 6.30. The number of nitrogens with one attached hydrogen (secondary N) is 3. The maximum absolute atomic E-state index is 12.3. The Hall–Kier alpha value is -1.96. The number of anilines is 2. The summed E-state index contributed by atoms with van der Waals surface area (Å²) in [7, 11) is 0. The molecule has 0 fully saturated rings. The predicted molar refractivity (Wildman–Crippen MR) is 118 cm³/mol. The lowest BCUT2D eigenvalue weighted by atomic mass is 10.1. The maximum atomic E-state index is 12.3. The fourth-order valence-electron chi connectivity index (χ4n) is 2.21. The highest BCUT2D eigenvalue weighted by atomic mass is 79.9. The number of hydrogen-bond acceptors (Lipinski definition) is 3. The third-order valence-electron chi connectivity index (χ3n) is 3.64. The van der Waals surface area contributed by atoms with Crippen LogP contribution in [0.4, 0.5) is 11.4 Å². The number of thiocarbonyl (C=S) groups is 1. The molecule has 0 saturated heterocycles. The van der Waals surface area contributed by atoms with Crippen molar-refractivity contribution in [1.29, 1.82) is 0 Å². The summed E-state index contributed by atoms with van der Waals surface area (Å²) in [5.74, 6) is -0.414. The average molecular weight is 469 g/mol. The monoisotopic (exact) mass is 467 g/mol. The van der Waals surface area contributed by atoms with Crippen molar-refractivity contribution < 1.29 is 9.59 Å². The molecule has 0 aliphatic carbocycles. The second-order valence-corrected chi connectivity index (χ2v) is 7.53. The highest BCUT2D eigenvalue weighted by molar-refractivity contribution is 9.10. The lowest BCUT2D eigenvalue weighted by molar-refractivity contribution is -0.116. The van der Waals surface area contributed by atoms with Crippen LogP contribution in [0.5, 0.6) is 0 Å². The van der Waals surface area contributed by atoms with E-state index in [2.05, 4.69) is 31.9 Å². The van der Waals surface area contributed by atoms with E-state index in [0.717, 1.165) is 16.5 Å². The number of amides is 2. The zero-order valence-corrected chi connectivity index (χ0v) is 18.0. The topological polar surface area (TPSA) is 70.2 Å². The molecule has 0 aliphatic heterocycles. The number of aryl methyl sites for hydroxylation is 1. The lowest BCUT2D eigenvalue weighted by Crippen LogP contribution is -2.34. The molecule has 3 N–H and O–H groups in total. The van der Waals surface area contributed by atoms with Gasteiger partial charge in [0.1, 0.15) is 0 Å². The van der Waals surface area contributed by atoms with E-state index in [1.807, 2.05) is 19.9 Å². The van der Waals surface area contributed by atoms with E-state index in [1.165, 1.54) is 0 Å². The van der Waals surface area contributed by atoms with Crippen LogP contribution in [0.2, 0.25) is 5.02 Å². The predicted octanol–water partition coefficient (Wildman–Crippen LogP) is 5.28. The second kappa shape index (κ2) is 9.82. The Morgan fingerprint density at radius 1 is 1.15 bits per heavy atom. The summed E-state index contributed by atoms with van der Waals surface area (Å²) in [6, 6.07) is 10.3. The summed E-state index contributed by atoms with van der Waals surface area (Å²) in [5, 5.41) is 8.81. The molecule has 0 aliphatic rings. The molecule has 0 aromatic heterocycles. The Morgan fingerprint density at radius 2 is 1.89 bits per heavy atom. The molecule has 0 atom stereocenters. The minimum Gasteiger partial charge on any atom is -0.331 e. The summed E-state index contributed by atoms with van der Waals surface area (Å²) in [6.45, 7) is 3.87. The highest BCUT2D eigenvalue weighted by Gasteiger charge is 2.11. The fourth-order valence-corrected chi connectivity index (χ4v) is 2.96. The molecule has 5 nitrogen and oxygen atoms in total. The van der Waals surface area contributed by atoms with Crippen molar-refractivity contribution in [3.63, 3.8) is 0 Å². The molecule has 2 amide bonds. The molecule has 0 bridgehead atoms. The van der Waals surface area contributed by atoms with Gasteiger partial charge in [-0.05, 0) is 61.5 Å². The molecule has 0 spiro atoms. The minimum absolute atomic E-state index is 0.0772. The van der Waals surface area contributed by atoms with Crippen molar-refractivity contribution in [3.8, 4) is 0 Å². The van der Waals surface area contributed by atoms with Crippen LogP contribution < -0.4 is 16.0 Å². The fraction of sp³-hybridized carbons (Fsp3) is 0.211. The second-order valence-electron chi connectivity index (χ2n) is 5.87. The number of carbonyl (C=O) groups excluding carboxylic acids is 2. The van der Waals surface area contributed by atoms with Crippen molar-refractivity contribution >= 4 is 68.1 Å². The quantitative estimate of drug-likeness (QED) is 0.522. The van der Waals surface area contributed by atoms with Gasteiger partial charge in [0.25, 0.3) is 5.91 Å². The van der Waals surface area contributed by atoms with Crippen LogP contribution >= 0.6 is 39.7 Å². The summed E-state index contributed by atoms with van der Waals surface area (Å²) in [4.78, 5) is 24.1. The van der Waals surface area contributed by atoms with Gasteiger partial charge in [-0.1, -0.05) is 40.5 Å². The number of rotatable bonds is 5. The molecular formula is C19H19BrClN3O2S. The highest BCUT2D eigenvalue weighted by Crippen LogP contribution is 2.26. The Bertz CT molecular complexity index is 889. The van der Waals surface area contributed by atoms with Gasteiger partial charge in [0, 0.05) is 22.1 Å². The van der Waals surface area contributed by atoms with Gasteiger partial charge in [0.05, 0.1) is 10.7 Å². The van der Waals surface area contributed by atoms with Crippen LogP contribution in [-0.4, -0.2) is 16.9 Å². The summed E-state index contributed by atoms with van der Waals surface area (Å²) < 4.78 is 0.840. The van der Waals surface area contributed by atoms with Crippen molar-refractivity contribution in [3.05, 3.63) is 57.0 Å². The van der Waals surface area contributed by atoms with E-state index in [4.69, 9.17) is 23.8 Å². The smallest absolute Gasteiger partial charge is 0.257 e. The van der Waals surface area contributed by atoms with Crippen molar-refractivity contribution in [2.75, 3.05) is 10.6 Å². The van der Waals surface area contributed by atoms with Gasteiger partial charge in [0.2, 0.25) is 5.91 Å². The average Bonchev–Trinajstić information content (AvgIpc) is 2.60. The molecular weight excluding hydrogens is 450 g/mol. The number of carbonyl (C=O) groups is 2. The molecule has 2 rings (SSSR count). The third-order valence-corrected chi connectivity index (χ3v) is 5.02. The van der Waals surface area contributed by atoms with E-state index in [1.54, 1.807) is 30.3 Å². The zero-order valence-electron chi connectivity index (χ0n) is 14.9. The van der Waals surface area contributed by atoms with Crippen LogP contribution in [0.3, 0.4) is 0 Å². The van der Waals surface area contributed by atoms with Gasteiger partial charge < -0.3 is 10.6 Å². The SMILES string of the molecule is CCCC(=O)Nc1ccc(Cl)c(NC(=S)NC(=O)c2ccc(C)c(Br)c2)c1. The summed E-state index contributed by atoms with van der Waals surface area (Å²) in [6.07, 6.45) is 1.20. The van der Waals surface area contributed by atoms with Gasteiger partial charge in [0.15, 0.2) is 5.11 Å². The van der Waals surface area contributed by atoms with Gasteiger partial charge in [-0.25, -0.2) is 0 Å². The molecule has 0 radical (unpaired) electrons. The first-order valence-corrected chi connectivity index (χ1v) is 9.86. The van der Waals surface area contributed by atoms with Gasteiger partial charge in [-0.15, -0.1) is 0 Å². The molecule has 0 saturated carbocycles. The van der Waals surface area contributed by atoms with Crippen LogP contribution in [0.25, 0.3) is 0 Å². The Balaban J connectivity index is 2.05. The van der Waals surface area contributed by atoms with E-state index < -0.39 is 0 Å². The normalized spacial score (nSPS) is 10.2. The van der Waals surface area contributed by atoms with Crippen LogP contribution in [-0.2, 0) is 4.79 Å². The minimum atomic E-state index is -0.336. The van der Waals surface area contributed by atoms with Crippen LogP contribution in [0.15, 0.2) is 40.9 Å². The van der Waals surface area contributed by atoms with Crippen molar-refractivity contribution in [2.24, 2.45) is 0 Å². The molecule has 0 unspecified atom stereocenters. The van der Waals surface area contributed by atoms with Gasteiger partial charge in [-0.2, -0.15) is 0 Å². The Labute approximate surface area is 177 Å². The molecule has 27 heavy (non-hydrogen) atoms. The van der Waals surface area contributed by atoms with Crippen LogP contribution in [0.1, 0.15) is 35.7 Å². The van der Waals surface area contributed by atoms with E-state index in [9.17, 15) is 9.59 Å². The lowest BCUT2D eigenvalue weighted by Gasteiger charge is -2.13. The molecule has 2 aromatic carbocycles. The molecule has 142 valence electrons. The summed E-state index contributed by atoms with van der Waals surface area (Å²) in [5.41, 5.74) is 2.59. The number of hydrogen-bond donors (Lipinski definition) is 3. The first-order chi connectivity index (χ1) is 12.8. The van der Waals surface area contributed by atoms with E-state index in [-0.39, 0.29) is 16.9 Å². The van der Waals surface area contributed by atoms with Gasteiger partial charge in [-0.3, -0.25) is 14.9 Å². The van der Waals surface area contributed by atoms with E-state index >= 15 is 0 Å². The number of halogens is 2. The molecule has 8 heteroatoms. The molecule has 2 aromatic rings. The largest absolute Gasteiger partial charge is 0.331 e. The maximum Gasteiger partial charge on any atom is 0.257 e. The first-order valence-electron chi connectivity index (χ1n) is 8.28. The van der Waals surface area contributed by atoms with Crippen molar-refractivity contribution in [2.45, 2.75) is 26.7 Å². The van der Waals surface area contributed by atoms with Gasteiger partial charge >= 0.3 is 0 Å². The molecule has 0 heterocycles. The van der Waals surface area contributed by atoms with Crippen LogP contribution in [0, 0.1) is 6.92 Å². The van der Waals surface area contributed by atoms with E-state index in [0.29, 0.717) is 28.4 Å². The Morgan fingerprint density at radius 3 is 2.56 bits per heavy atom. The first kappa shape index (κ1) is 21.3. The summed E-state index contributed by atoms with van der Waals surface area (Å²) >= 11 is 14.8. The zero-order chi connectivity index (χ0) is 20.0. The standard InChI is InChI=1S/C19H19BrClN3O2S/c1-3-4-17(25)22-13-7-8-15(21)16(10-13)23-19(27)24-18(26)12-6-5-11(2)14(20)9-12/h5-10H,3-4H2,1-2H3,(H,22,25)(H2,23,24,26,27). The Kier molecular flexibility index (Phi) is 7.77. The number of benzene rings is 2. The van der Waals surface area contributed by atoms with Crippen molar-refractivity contribution in [1.82, 2.24) is 5.32 Å².